The number of thiazole rings is 1. The molecule has 1 unspecified atom stereocenters. The Bertz CT molecular complexity index is 1520. The summed E-state index contributed by atoms with van der Waals surface area (Å²) in [5, 5.41) is 0.528. The van der Waals surface area contributed by atoms with Crippen LogP contribution in [0.2, 0.25) is 0 Å². The molecule has 0 bridgehead atoms. The maximum atomic E-state index is 13.8. The van der Waals surface area contributed by atoms with E-state index in [1.54, 1.807) is 33.7 Å². The van der Waals surface area contributed by atoms with Gasteiger partial charge < -0.3 is 4.74 Å². The quantitative estimate of drug-likeness (QED) is 0.288. The Kier molecular flexibility index (Phi) is 7.73. The van der Waals surface area contributed by atoms with Gasteiger partial charge in [0, 0.05) is 30.5 Å². The number of sulfonamides is 1. The minimum absolute atomic E-state index is 0.0364. The molecule has 4 aromatic rings. The van der Waals surface area contributed by atoms with Crippen LogP contribution < -0.4 is 9.64 Å². The molecule has 0 N–H and O–H groups in total. The molecule has 10 heteroatoms. The molecule has 38 heavy (non-hydrogen) atoms. The monoisotopic (exact) mass is 550 g/mol. The number of hydrogen-bond donors (Lipinski definition) is 0. The molecule has 8 nitrogen and oxygen atoms in total. The summed E-state index contributed by atoms with van der Waals surface area (Å²) in [7, 11) is -3.63. The van der Waals surface area contributed by atoms with Gasteiger partial charge in [0.05, 0.1) is 22.7 Å². The fourth-order valence-corrected chi connectivity index (χ4v) is 7.37. The topological polar surface area (TPSA) is 92.7 Å². The normalized spacial score (nSPS) is 16.4. The summed E-state index contributed by atoms with van der Waals surface area (Å²) in [5.41, 5.74) is 1.93. The Balaban J connectivity index is 1.48. The van der Waals surface area contributed by atoms with Crippen LogP contribution in [0.15, 0.2) is 71.9 Å². The Morgan fingerprint density at radius 2 is 1.95 bits per heavy atom. The number of anilines is 1. The average molecular weight is 551 g/mol. The average Bonchev–Trinajstić information content (AvgIpc) is 3.37. The van der Waals surface area contributed by atoms with Crippen molar-refractivity contribution in [2.75, 3.05) is 18.1 Å². The summed E-state index contributed by atoms with van der Waals surface area (Å²) < 4.78 is 34.8. The van der Waals surface area contributed by atoms with E-state index in [0.717, 1.165) is 29.5 Å². The summed E-state index contributed by atoms with van der Waals surface area (Å²) in [6, 6.07) is 15.6. The van der Waals surface area contributed by atoms with Crippen molar-refractivity contribution in [2.45, 2.75) is 50.6 Å². The van der Waals surface area contributed by atoms with E-state index in [9.17, 15) is 13.2 Å². The van der Waals surface area contributed by atoms with E-state index in [1.165, 1.54) is 23.5 Å². The highest BCUT2D eigenvalue weighted by molar-refractivity contribution is 7.89. The standard InChI is InChI=1S/C28H30N4O4S2/c1-3-36-24-10-6-11-25-26(24)30-28(37-25)31(19-21-9-7-16-29-18-21)27(33)22-12-14-23(15-13-22)38(34,35)32-17-5-4-8-20(32)2/h6-7,9-16,18,20H,3-5,8,17,19H2,1-2H3. The van der Waals surface area contributed by atoms with Crippen molar-refractivity contribution in [2.24, 2.45) is 0 Å². The number of piperidine rings is 1. The smallest absolute Gasteiger partial charge is 0.260 e. The lowest BCUT2D eigenvalue weighted by Gasteiger charge is -2.32. The van der Waals surface area contributed by atoms with Crippen molar-refractivity contribution in [1.29, 1.82) is 0 Å². The second-order valence-corrected chi connectivity index (χ2v) is 12.2. The lowest BCUT2D eigenvalue weighted by molar-refractivity contribution is 0.0985. The Labute approximate surface area is 227 Å². The van der Waals surface area contributed by atoms with Crippen molar-refractivity contribution < 1.29 is 17.9 Å². The third-order valence-electron chi connectivity index (χ3n) is 6.66. The molecule has 2 aromatic heterocycles. The molecule has 1 atom stereocenters. The second-order valence-electron chi connectivity index (χ2n) is 9.27. The van der Waals surface area contributed by atoms with Crippen LogP contribution >= 0.6 is 11.3 Å². The van der Waals surface area contributed by atoms with E-state index in [1.807, 2.05) is 44.2 Å². The lowest BCUT2D eigenvalue weighted by atomic mass is 10.1. The van der Waals surface area contributed by atoms with Crippen LogP contribution in [0.5, 0.6) is 5.75 Å². The Morgan fingerprint density at radius 1 is 1.13 bits per heavy atom. The first-order valence-electron chi connectivity index (χ1n) is 12.7. The summed E-state index contributed by atoms with van der Waals surface area (Å²) in [4.78, 5) is 24.6. The van der Waals surface area contributed by atoms with Gasteiger partial charge in [0.25, 0.3) is 5.91 Å². The lowest BCUT2D eigenvalue weighted by Crippen LogP contribution is -2.41. The van der Waals surface area contributed by atoms with Crippen LogP contribution in [-0.4, -0.2) is 47.8 Å². The minimum Gasteiger partial charge on any atom is -0.492 e. The van der Waals surface area contributed by atoms with Gasteiger partial charge in [0.2, 0.25) is 10.0 Å². The summed E-state index contributed by atoms with van der Waals surface area (Å²) in [6.07, 6.45) is 6.15. The molecule has 1 aliphatic rings. The SMILES string of the molecule is CCOc1cccc2sc(N(Cc3cccnc3)C(=O)c3ccc(S(=O)(=O)N4CCCCC4C)cc3)nc12. The molecule has 1 saturated heterocycles. The molecule has 2 aromatic carbocycles. The van der Waals surface area contributed by atoms with E-state index in [-0.39, 0.29) is 23.4 Å². The number of aromatic nitrogens is 2. The largest absolute Gasteiger partial charge is 0.492 e. The van der Waals surface area contributed by atoms with Crippen molar-refractivity contribution in [3.8, 4) is 5.75 Å². The van der Waals surface area contributed by atoms with Gasteiger partial charge in [-0.3, -0.25) is 14.7 Å². The summed E-state index contributed by atoms with van der Waals surface area (Å²) in [5.74, 6) is 0.393. The number of para-hydroxylation sites is 1. The highest BCUT2D eigenvalue weighted by Crippen LogP contribution is 2.35. The van der Waals surface area contributed by atoms with Gasteiger partial charge in [-0.05, 0) is 74.7 Å². The molecule has 1 aliphatic heterocycles. The van der Waals surface area contributed by atoms with Gasteiger partial charge in [0.15, 0.2) is 5.13 Å². The Morgan fingerprint density at radius 3 is 2.66 bits per heavy atom. The number of pyridine rings is 1. The van der Waals surface area contributed by atoms with Gasteiger partial charge in [-0.1, -0.05) is 29.9 Å². The minimum atomic E-state index is -3.63. The number of benzene rings is 2. The van der Waals surface area contributed by atoms with E-state index in [0.29, 0.717) is 35.1 Å². The number of carbonyl (C=O) groups excluding carboxylic acids is 1. The van der Waals surface area contributed by atoms with Crippen LogP contribution in [0.1, 0.15) is 49.0 Å². The van der Waals surface area contributed by atoms with Crippen molar-refractivity contribution in [3.05, 3.63) is 78.1 Å². The molecule has 0 spiro atoms. The van der Waals surface area contributed by atoms with Gasteiger partial charge in [-0.2, -0.15) is 4.31 Å². The maximum absolute atomic E-state index is 13.8. The van der Waals surface area contributed by atoms with E-state index in [4.69, 9.17) is 9.72 Å². The van der Waals surface area contributed by atoms with E-state index >= 15 is 0 Å². The Hall–Kier alpha value is -3.34. The van der Waals surface area contributed by atoms with Gasteiger partial charge in [0.1, 0.15) is 11.3 Å². The van der Waals surface area contributed by atoms with Crippen molar-refractivity contribution in [3.63, 3.8) is 0 Å². The molecule has 198 valence electrons. The first-order chi connectivity index (χ1) is 18.4. The van der Waals surface area contributed by atoms with Crippen LogP contribution in [-0.2, 0) is 16.6 Å². The van der Waals surface area contributed by atoms with Crippen LogP contribution in [0, 0.1) is 0 Å². The number of amides is 1. The number of rotatable bonds is 8. The number of fused-ring (bicyclic) bond motifs is 1. The molecule has 5 rings (SSSR count). The fourth-order valence-electron chi connectivity index (χ4n) is 4.69. The first-order valence-corrected chi connectivity index (χ1v) is 15.0. The first kappa shape index (κ1) is 26.3. The highest BCUT2D eigenvalue weighted by Gasteiger charge is 2.31. The van der Waals surface area contributed by atoms with Crippen LogP contribution in [0.25, 0.3) is 10.2 Å². The number of nitrogens with zero attached hydrogens (tertiary/aromatic N) is 4. The zero-order chi connectivity index (χ0) is 26.7. The predicted octanol–water partition coefficient (Wildman–Crippen LogP) is 5.50. The number of ether oxygens (including phenoxy) is 1. The molecule has 1 amide bonds. The zero-order valence-electron chi connectivity index (χ0n) is 21.4. The van der Waals surface area contributed by atoms with Gasteiger partial charge in [-0.15, -0.1) is 0 Å². The van der Waals surface area contributed by atoms with Crippen molar-refractivity contribution >= 4 is 42.6 Å². The molecule has 3 heterocycles. The van der Waals surface area contributed by atoms with E-state index < -0.39 is 10.0 Å². The molecular weight excluding hydrogens is 520 g/mol. The number of hydrogen-bond acceptors (Lipinski definition) is 7. The summed E-state index contributed by atoms with van der Waals surface area (Å²) >= 11 is 1.41. The molecule has 0 radical (unpaired) electrons. The summed E-state index contributed by atoms with van der Waals surface area (Å²) in [6.45, 7) is 5.15. The molecular formula is C28H30N4O4S2. The molecule has 1 fully saturated rings. The maximum Gasteiger partial charge on any atom is 0.260 e. The third-order valence-corrected chi connectivity index (χ3v) is 9.73. The number of carbonyl (C=O) groups is 1. The molecule has 0 aliphatic carbocycles. The van der Waals surface area contributed by atoms with Gasteiger partial charge >= 0.3 is 0 Å². The van der Waals surface area contributed by atoms with Gasteiger partial charge in [-0.25, -0.2) is 13.4 Å². The molecule has 0 saturated carbocycles. The third kappa shape index (κ3) is 5.29. The highest BCUT2D eigenvalue weighted by atomic mass is 32.2. The van der Waals surface area contributed by atoms with Crippen LogP contribution in [0.3, 0.4) is 0 Å². The zero-order valence-corrected chi connectivity index (χ0v) is 23.0. The van der Waals surface area contributed by atoms with E-state index in [2.05, 4.69) is 4.98 Å². The predicted molar refractivity (Wildman–Crippen MR) is 149 cm³/mol. The van der Waals surface area contributed by atoms with Crippen LogP contribution in [0.4, 0.5) is 5.13 Å². The van der Waals surface area contributed by atoms with Crippen molar-refractivity contribution in [1.82, 2.24) is 14.3 Å². The fraction of sp³-hybridized carbons (Fsp3) is 0.321. The second kappa shape index (κ2) is 11.2.